The number of aromatic nitrogens is 2. The van der Waals surface area contributed by atoms with Crippen LogP contribution >= 0.6 is 0 Å². The normalized spacial score (nSPS) is 37.1. The van der Waals surface area contributed by atoms with Crippen LogP contribution in [0.1, 0.15) is 56.6 Å². The van der Waals surface area contributed by atoms with Crippen molar-refractivity contribution in [1.82, 2.24) is 9.55 Å². The Kier molecular flexibility index (Phi) is 2.76. The predicted molar refractivity (Wildman–Crippen MR) is 96.0 cm³/mol. The van der Waals surface area contributed by atoms with Crippen LogP contribution in [0.15, 0.2) is 36.8 Å². The van der Waals surface area contributed by atoms with Crippen LogP contribution in [0.3, 0.4) is 0 Å². The fourth-order valence-corrected chi connectivity index (χ4v) is 6.98. The van der Waals surface area contributed by atoms with Crippen molar-refractivity contribution < 1.29 is 4.79 Å². The molecule has 5 aliphatic rings. The molecule has 0 amide bonds. The van der Waals surface area contributed by atoms with Gasteiger partial charge in [0.15, 0.2) is 0 Å². The summed E-state index contributed by atoms with van der Waals surface area (Å²) in [5, 5.41) is 0. The van der Waals surface area contributed by atoms with Gasteiger partial charge < -0.3 is 4.57 Å². The molecule has 3 heteroatoms. The van der Waals surface area contributed by atoms with Crippen LogP contribution in [-0.2, 0) is 4.79 Å². The number of hydrogen-bond acceptors (Lipinski definition) is 2. The van der Waals surface area contributed by atoms with Crippen molar-refractivity contribution in [2.75, 3.05) is 0 Å². The molecule has 2 heterocycles. The second-order valence-corrected chi connectivity index (χ2v) is 9.11. The number of nitrogens with zero attached hydrogens (tertiary/aromatic N) is 2. The smallest absolute Gasteiger partial charge is 0.141 e. The summed E-state index contributed by atoms with van der Waals surface area (Å²) in [6, 6.07) is 8.69. The molecule has 3 nitrogen and oxygen atoms in total. The van der Waals surface area contributed by atoms with Crippen LogP contribution in [0, 0.1) is 23.2 Å². The van der Waals surface area contributed by atoms with Crippen molar-refractivity contribution in [2.45, 2.75) is 51.0 Å². The van der Waals surface area contributed by atoms with E-state index in [0.717, 1.165) is 17.8 Å². The fraction of sp³-hybridized carbons (Fsp3) is 0.545. The number of carbonyl (C=O) groups excluding carboxylic acids is 1. The Morgan fingerprint density at radius 2 is 1.76 bits per heavy atom. The van der Waals surface area contributed by atoms with Crippen molar-refractivity contribution in [1.29, 1.82) is 0 Å². The van der Waals surface area contributed by atoms with Gasteiger partial charge in [-0.25, -0.2) is 4.98 Å². The number of imidazole rings is 1. The highest BCUT2D eigenvalue weighted by atomic mass is 16.1. The molecule has 128 valence electrons. The molecular formula is C22H24N2O. The third kappa shape index (κ3) is 1.93. The van der Waals surface area contributed by atoms with E-state index in [-0.39, 0.29) is 11.5 Å². The first-order chi connectivity index (χ1) is 12.2. The first-order valence-corrected chi connectivity index (χ1v) is 9.86. The van der Waals surface area contributed by atoms with Crippen LogP contribution < -0.4 is 0 Å². The molecule has 4 bridgehead atoms. The monoisotopic (exact) mass is 332 g/mol. The van der Waals surface area contributed by atoms with E-state index in [4.69, 9.17) is 0 Å². The summed E-state index contributed by atoms with van der Waals surface area (Å²) in [7, 11) is 0. The van der Waals surface area contributed by atoms with E-state index in [2.05, 4.69) is 33.8 Å². The Bertz CT molecular complexity index is 829. The van der Waals surface area contributed by atoms with Gasteiger partial charge in [0.2, 0.25) is 0 Å². The highest BCUT2D eigenvalue weighted by Gasteiger charge is 2.54. The van der Waals surface area contributed by atoms with Crippen LogP contribution in [0.25, 0.3) is 11.3 Å². The van der Waals surface area contributed by atoms with Crippen molar-refractivity contribution in [3.63, 3.8) is 0 Å². The first-order valence-electron chi connectivity index (χ1n) is 9.86. The summed E-state index contributed by atoms with van der Waals surface area (Å²) in [5.74, 6) is 3.02. The maximum atomic E-state index is 13.6. The number of rotatable bonds is 3. The minimum absolute atomic E-state index is 0.00697. The standard InChI is InChI=1S/C22H24N2O/c25-21(22-9-14-5-15(10-22)7-16(6-14)11-22)8-19-17-3-1-2-4-18(17)20-12-23-13-24(19)20/h1-4,12-16,19H,5-11H2. The zero-order valence-electron chi connectivity index (χ0n) is 14.5. The van der Waals surface area contributed by atoms with Crippen molar-refractivity contribution in [3.05, 3.63) is 42.4 Å². The molecule has 4 aliphatic carbocycles. The number of benzene rings is 1. The van der Waals surface area contributed by atoms with E-state index in [9.17, 15) is 4.79 Å². The predicted octanol–water partition coefficient (Wildman–Crippen LogP) is 4.63. The molecule has 1 aromatic carbocycles. The number of ketones is 1. The lowest BCUT2D eigenvalue weighted by atomic mass is 9.48. The first kappa shape index (κ1) is 14.3. The average molecular weight is 332 g/mol. The van der Waals surface area contributed by atoms with E-state index in [0.29, 0.717) is 12.2 Å². The van der Waals surface area contributed by atoms with E-state index >= 15 is 0 Å². The third-order valence-corrected chi connectivity index (χ3v) is 7.61. The zero-order chi connectivity index (χ0) is 16.6. The SMILES string of the molecule is O=C(CC1c2ccccc2-c2cncn21)C12CC3CC(CC(C3)C1)C2. The molecule has 2 aromatic rings. The molecule has 7 rings (SSSR count). The quantitative estimate of drug-likeness (QED) is 0.821. The minimum Gasteiger partial charge on any atom is -0.323 e. The van der Waals surface area contributed by atoms with Crippen LogP contribution in [0.5, 0.6) is 0 Å². The van der Waals surface area contributed by atoms with Gasteiger partial charge in [-0.15, -0.1) is 0 Å². The molecule has 0 spiro atoms. The lowest BCUT2D eigenvalue weighted by Gasteiger charge is -2.56. The number of carbonyl (C=O) groups is 1. The summed E-state index contributed by atoms with van der Waals surface area (Å²) < 4.78 is 2.23. The van der Waals surface area contributed by atoms with Crippen molar-refractivity contribution >= 4 is 5.78 Å². The van der Waals surface area contributed by atoms with Gasteiger partial charge in [-0.3, -0.25) is 4.79 Å². The van der Waals surface area contributed by atoms with Crippen molar-refractivity contribution in [3.8, 4) is 11.3 Å². The molecule has 4 fully saturated rings. The maximum Gasteiger partial charge on any atom is 0.141 e. The minimum atomic E-state index is 0.00697. The third-order valence-electron chi connectivity index (χ3n) is 7.61. The van der Waals surface area contributed by atoms with E-state index in [1.165, 1.54) is 55.3 Å². The van der Waals surface area contributed by atoms with Gasteiger partial charge in [-0.05, 0) is 61.8 Å². The molecule has 0 radical (unpaired) electrons. The van der Waals surface area contributed by atoms with Gasteiger partial charge in [0.1, 0.15) is 5.78 Å². The van der Waals surface area contributed by atoms with Gasteiger partial charge >= 0.3 is 0 Å². The Balaban J connectivity index is 1.34. The average Bonchev–Trinajstić information content (AvgIpc) is 3.17. The largest absolute Gasteiger partial charge is 0.323 e. The summed E-state index contributed by atoms with van der Waals surface area (Å²) in [4.78, 5) is 17.9. The molecule has 1 atom stereocenters. The van der Waals surface area contributed by atoms with E-state index in [1.54, 1.807) is 0 Å². The topological polar surface area (TPSA) is 34.9 Å². The van der Waals surface area contributed by atoms with Gasteiger partial charge in [-0.1, -0.05) is 24.3 Å². The Morgan fingerprint density at radius 3 is 2.48 bits per heavy atom. The maximum absolute atomic E-state index is 13.6. The molecule has 4 saturated carbocycles. The van der Waals surface area contributed by atoms with Gasteiger partial charge in [-0.2, -0.15) is 0 Å². The summed E-state index contributed by atoms with van der Waals surface area (Å²) >= 11 is 0. The van der Waals surface area contributed by atoms with E-state index in [1.807, 2.05) is 12.5 Å². The molecule has 1 aromatic heterocycles. The fourth-order valence-electron chi connectivity index (χ4n) is 6.98. The molecule has 0 N–H and O–H groups in total. The summed E-state index contributed by atoms with van der Waals surface area (Å²) in [6.45, 7) is 0. The Hall–Kier alpha value is -1.90. The molecular weight excluding hydrogens is 308 g/mol. The van der Waals surface area contributed by atoms with Gasteiger partial charge in [0.05, 0.1) is 24.3 Å². The van der Waals surface area contributed by atoms with Crippen LogP contribution in [0.4, 0.5) is 0 Å². The Morgan fingerprint density at radius 1 is 1.08 bits per heavy atom. The zero-order valence-corrected chi connectivity index (χ0v) is 14.5. The second kappa shape index (κ2) is 4.84. The number of hydrogen-bond donors (Lipinski definition) is 0. The van der Waals surface area contributed by atoms with Gasteiger partial charge in [0, 0.05) is 17.4 Å². The lowest BCUT2D eigenvalue weighted by molar-refractivity contribution is -0.144. The van der Waals surface area contributed by atoms with E-state index < -0.39 is 0 Å². The molecule has 25 heavy (non-hydrogen) atoms. The second-order valence-electron chi connectivity index (χ2n) is 9.11. The van der Waals surface area contributed by atoms with Crippen LogP contribution in [0.2, 0.25) is 0 Å². The summed E-state index contributed by atoms with van der Waals surface area (Å²) in [6.07, 6.45) is 12.2. The highest BCUT2D eigenvalue weighted by molar-refractivity contribution is 5.87. The summed E-state index contributed by atoms with van der Waals surface area (Å²) in [5.41, 5.74) is 3.73. The molecule has 0 saturated heterocycles. The molecule has 1 unspecified atom stereocenters. The number of Topliss-reactive ketones (excluding diaryl/α,β-unsaturated/α-hetero) is 1. The number of fused-ring (bicyclic) bond motifs is 3. The van der Waals surface area contributed by atoms with Gasteiger partial charge in [0.25, 0.3) is 0 Å². The molecule has 1 aliphatic heterocycles. The highest BCUT2D eigenvalue weighted by Crippen LogP contribution is 2.61. The Labute approximate surface area is 148 Å². The van der Waals surface area contributed by atoms with Crippen molar-refractivity contribution in [2.24, 2.45) is 23.2 Å². The van der Waals surface area contributed by atoms with Crippen LogP contribution in [-0.4, -0.2) is 15.3 Å². The lowest BCUT2D eigenvalue weighted by Crippen LogP contribution is -2.50.